The summed E-state index contributed by atoms with van der Waals surface area (Å²) in [6.45, 7) is 0. The van der Waals surface area contributed by atoms with Crippen LogP contribution in [0.2, 0.25) is 0 Å². The van der Waals surface area contributed by atoms with Crippen LogP contribution in [-0.2, 0) is 10.0 Å². The molecule has 7 nitrogen and oxygen atoms in total. The topological polar surface area (TPSA) is 128 Å². The molecular formula is C22H16BrFN4O3S2. The summed E-state index contributed by atoms with van der Waals surface area (Å²) in [4.78, 5) is 17.4. The number of nitrogens with zero attached hydrogens (tertiary/aromatic N) is 1. The number of halogens is 2. The second-order valence-corrected chi connectivity index (χ2v) is 10.3. The normalized spacial score (nSPS) is 11.4. The lowest BCUT2D eigenvalue weighted by molar-refractivity contribution is 0.103. The molecule has 0 saturated heterocycles. The summed E-state index contributed by atoms with van der Waals surface area (Å²) in [5, 5.41) is 8.29. The summed E-state index contributed by atoms with van der Waals surface area (Å²) in [7, 11) is -3.90. The maximum atomic E-state index is 13.6. The third-order valence-corrected chi connectivity index (χ3v) is 7.15. The van der Waals surface area contributed by atoms with Crippen LogP contribution >= 0.6 is 27.3 Å². The zero-order valence-corrected chi connectivity index (χ0v) is 20.0. The minimum atomic E-state index is -3.90. The number of thiazole rings is 1. The van der Waals surface area contributed by atoms with E-state index >= 15 is 0 Å². The standard InChI is InChI=1S/C22H16BrFN4O3S2/c23-16-11-13(7-10-17(16)24)19-20(32-22(25)28-19)21(29)27-14-8-5-12(6-9-14)15-3-1-2-4-18(15)33(26,30)31/h1-11H,(H2,25,28)(H,27,29)(H2,26,30,31). The Morgan fingerprint density at radius 3 is 2.36 bits per heavy atom. The van der Waals surface area contributed by atoms with Crippen molar-refractivity contribution < 1.29 is 17.6 Å². The highest BCUT2D eigenvalue weighted by Crippen LogP contribution is 2.33. The van der Waals surface area contributed by atoms with E-state index in [1.165, 1.54) is 24.3 Å². The van der Waals surface area contributed by atoms with Gasteiger partial charge in [-0.1, -0.05) is 41.7 Å². The monoisotopic (exact) mass is 546 g/mol. The number of hydrogen-bond acceptors (Lipinski definition) is 6. The lowest BCUT2D eigenvalue weighted by atomic mass is 10.1. The van der Waals surface area contributed by atoms with Crippen LogP contribution in [0.3, 0.4) is 0 Å². The molecule has 0 saturated carbocycles. The van der Waals surface area contributed by atoms with Crippen molar-refractivity contribution in [2.45, 2.75) is 4.90 Å². The van der Waals surface area contributed by atoms with Gasteiger partial charge in [0.2, 0.25) is 10.0 Å². The van der Waals surface area contributed by atoms with Crippen molar-refractivity contribution in [3.8, 4) is 22.4 Å². The number of anilines is 2. The zero-order chi connectivity index (χ0) is 23.8. The van der Waals surface area contributed by atoms with Crippen LogP contribution in [0.5, 0.6) is 0 Å². The van der Waals surface area contributed by atoms with Crippen molar-refractivity contribution in [3.05, 3.63) is 81.9 Å². The van der Waals surface area contributed by atoms with Gasteiger partial charge in [0.05, 0.1) is 15.1 Å². The number of benzene rings is 3. The molecule has 4 rings (SSSR count). The fourth-order valence-corrected chi connectivity index (χ4v) is 5.09. The molecule has 0 fully saturated rings. The molecule has 0 aliphatic rings. The Balaban J connectivity index is 1.61. The number of amides is 1. The van der Waals surface area contributed by atoms with Crippen molar-refractivity contribution in [3.63, 3.8) is 0 Å². The molecule has 0 unspecified atom stereocenters. The number of primary sulfonamides is 1. The molecule has 0 spiro atoms. The van der Waals surface area contributed by atoms with Gasteiger partial charge in [-0.3, -0.25) is 4.79 Å². The second-order valence-electron chi connectivity index (χ2n) is 6.93. The summed E-state index contributed by atoms with van der Waals surface area (Å²) in [6, 6.07) is 17.4. The van der Waals surface area contributed by atoms with Gasteiger partial charge in [-0.25, -0.2) is 22.9 Å². The van der Waals surface area contributed by atoms with Gasteiger partial charge in [0, 0.05) is 16.8 Å². The Bertz CT molecular complexity index is 1470. The first-order chi connectivity index (χ1) is 15.6. The molecule has 0 bridgehead atoms. The SMILES string of the molecule is Nc1nc(-c2ccc(F)c(Br)c2)c(C(=O)Nc2ccc(-c3ccccc3S(N)(=O)=O)cc2)s1. The molecule has 0 aliphatic carbocycles. The number of nitrogens with one attached hydrogen (secondary N) is 1. The van der Waals surface area contributed by atoms with Gasteiger partial charge in [0.15, 0.2) is 5.13 Å². The van der Waals surface area contributed by atoms with Crippen molar-refractivity contribution in [1.82, 2.24) is 4.98 Å². The van der Waals surface area contributed by atoms with E-state index in [-0.39, 0.29) is 19.4 Å². The van der Waals surface area contributed by atoms with Gasteiger partial charge < -0.3 is 11.1 Å². The van der Waals surface area contributed by atoms with Crippen molar-refractivity contribution in [2.75, 3.05) is 11.1 Å². The van der Waals surface area contributed by atoms with E-state index in [0.717, 1.165) is 11.3 Å². The fourth-order valence-electron chi connectivity index (χ4n) is 3.20. The number of aromatic nitrogens is 1. The van der Waals surface area contributed by atoms with Gasteiger partial charge >= 0.3 is 0 Å². The Hall–Kier alpha value is -3.12. The maximum absolute atomic E-state index is 13.6. The van der Waals surface area contributed by atoms with Crippen LogP contribution in [0, 0.1) is 5.82 Å². The Kier molecular flexibility index (Phi) is 6.30. The van der Waals surface area contributed by atoms with Crippen LogP contribution in [0.25, 0.3) is 22.4 Å². The van der Waals surface area contributed by atoms with Crippen LogP contribution in [-0.4, -0.2) is 19.3 Å². The quantitative estimate of drug-likeness (QED) is 0.329. The Labute approximate surface area is 201 Å². The summed E-state index contributed by atoms with van der Waals surface area (Å²) in [5.41, 5.74) is 8.27. The molecule has 5 N–H and O–H groups in total. The van der Waals surface area contributed by atoms with Crippen LogP contribution in [0.4, 0.5) is 15.2 Å². The lowest BCUT2D eigenvalue weighted by Gasteiger charge is -2.10. The first-order valence-corrected chi connectivity index (χ1v) is 12.5. The molecular weight excluding hydrogens is 531 g/mol. The van der Waals surface area contributed by atoms with E-state index in [9.17, 15) is 17.6 Å². The average molecular weight is 547 g/mol. The third kappa shape index (κ3) is 4.96. The molecule has 33 heavy (non-hydrogen) atoms. The molecule has 3 aromatic carbocycles. The predicted molar refractivity (Wildman–Crippen MR) is 131 cm³/mol. The minimum Gasteiger partial charge on any atom is -0.375 e. The Morgan fingerprint density at radius 2 is 1.70 bits per heavy atom. The van der Waals surface area contributed by atoms with Crippen molar-refractivity contribution in [1.29, 1.82) is 0 Å². The highest BCUT2D eigenvalue weighted by atomic mass is 79.9. The number of carbonyl (C=O) groups excluding carboxylic acids is 1. The van der Waals surface area contributed by atoms with Crippen molar-refractivity contribution in [2.24, 2.45) is 5.14 Å². The number of nitrogen functional groups attached to an aromatic ring is 1. The van der Waals surface area contributed by atoms with Gasteiger partial charge in [0.25, 0.3) is 5.91 Å². The molecule has 1 aromatic heterocycles. The van der Waals surface area contributed by atoms with E-state index in [2.05, 4.69) is 26.2 Å². The van der Waals surface area contributed by atoms with Gasteiger partial charge in [0.1, 0.15) is 10.7 Å². The van der Waals surface area contributed by atoms with Crippen LogP contribution in [0.1, 0.15) is 9.67 Å². The zero-order valence-electron chi connectivity index (χ0n) is 16.7. The molecule has 1 heterocycles. The van der Waals surface area contributed by atoms with E-state index in [1.807, 2.05) is 0 Å². The van der Waals surface area contributed by atoms with Crippen molar-refractivity contribution >= 4 is 54.0 Å². The molecule has 1 amide bonds. The van der Waals surface area contributed by atoms with E-state index < -0.39 is 21.7 Å². The van der Waals surface area contributed by atoms with Gasteiger partial charge in [-0.15, -0.1) is 0 Å². The molecule has 11 heteroatoms. The molecule has 4 aromatic rings. The van der Waals surface area contributed by atoms with Crippen LogP contribution < -0.4 is 16.2 Å². The van der Waals surface area contributed by atoms with Crippen LogP contribution in [0.15, 0.2) is 76.1 Å². The highest BCUT2D eigenvalue weighted by Gasteiger charge is 2.20. The number of nitrogens with two attached hydrogens (primary N) is 2. The summed E-state index contributed by atoms with van der Waals surface area (Å²) < 4.78 is 37.6. The van der Waals surface area contributed by atoms with E-state index in [0.29, 0.717) is 28.1 Å². The first-order valence-electron chi connectivity index (χ1n) is 9.39. The third-order valence-electron chi connectivity index (χ3n) is 4.69. The summed E-state index contributed by atoms with van der Waals surface area (Å²) in [5.74, 6) is -0.866. The van der Waals surface area contributed by atoms with Gasteiger partial charge in [-0.05, 0) is 57.9 Å². The average Bonchev–Trinajstić information content (AvgIpc) is 3.17. The highest BCUT2D eigenvalue weighted by molar-refractivity contribution is 9.10. The predicted octanol–water partition coefficient (Wildman–Crippen LogP) is 4.86. The molecule has 168 valence electrons. The number of hydrogen-bond donors (Lipinski definition) is 3. The largest absolute Gasteiger partial charge is 0.375 e. The number of sulfonamides is 1. The van der Waals surface area contributed by atoms with E-state index in [4.69, 9.17) is 10.9 Å². The Morgan fingerprint density at radius 1 is 1.03 bits per heavy atom. The van der Waals surface area contributed by atoms with Gasteiger partial charge in [-0.2, -0.15) is 0 Å². The minimum absolute atomic E-state index is 0.0111. The molecule has 0 aliphatic heterocycles. The second kappa shape index (κ2) is 9.02. The first kappa shape index (κ1) is 23.1. The molecule has 0 radical (unpaired) electrons. The summed E-state index contributed by atoms with van der Waals surface area (Å²) in [6.07, 6.45) is 0. The summed E-state index contributed by atoms with van der Waals surface area (Å²) >= 11 is 4.15. The number of rotatable bonds is 5. The molecule has 0 atom stereocenters. The number of carbonyl (C=O) groups is 1. The fraction of sp³-hybridized carbons (Fsp3) is 0. The lowest BCUT2D eigenvalue weighted by Crippen LogP contribution is -2.13. The smallest absolute Gasteiger partial charge is 0.268 e. The maximum Gasteiger partial charge on any atom is 0.268 e. The van der Waals surface area contributed by atoms with E-state index in [1.54, 1.807) is 42.5 Å².